The average molecular weight is 518 g/mol. The lowest BCUT2D eigenvalue weighted by Gasteiger charge is -2.26. The van der Waals surface area contributed by atoms with Crippen molar-refractivity contribution in [3.63, 3.8) is 0 Å². The number of morpholine rings is 1. The monoisotopic (exact) mass is 518 g/mol. The summed E-state index contributed by atoms with van der Waals surface area (Å²) in [6.07, 6.45) is 2.48. The number of rotatable bonds is 10. The van der Waals surface area contributed by atoms with E-state index in [1.165, 1.54) is 12.0 Å². The summed E-state index contributed by atoms with van der Waals surface area (Å²) in [5.41, 5.74) is 2.32. The van der Waals surface area contributed by atoms with Crippen LogP contribution in [0.3, 0.4) is 0 Å². The van der Waals surface area contributed by atoms with Gasteiger partial charge < -0.3 is 20.1 Å². The number of hydrogen-bond acceptors (Lipinski definition) is 4. The Morgan fingerprint density at radius 1 is 1.21 bits per heavy atom. The van der Waals surface area contributed by atoms with Gasteiger partial charge in [0.15, 0.2) is 5.96 Å². The van der Waals surface area contributed by atoms with Crippen molar-refractivity contribution in [2.75, 3.05) is 45.9 Å². The predicted octanol–water partition coefficient (Wildman–Crippen LogP) is 3.57. The fourth-order valence-electron chi connectivity index (χ4n) is 3.15. The number of aryl methyl sites for hydroxylation is 1. The third kappa shape index (κ3) is 10.5. The van der Waals surface area contributed by atoms with Crippen molar-refractivity contribution in [1.29, 1.82) is 0 Å². The van der Waals surface area contributed by atoms with E-state index in [0.717, 1.165) is 69.6 Å². The third-order valence-corrected chi connectivity index (χ3v) is 4.63. The van der Waals surface area contributed by atoms with Crippen LogP contribution in [0, 0.1) is 6.92 Å². The van der Waals surface area contributed by atoms with Crippen molar-refractivity contribution >= 4 is 29.9 Å². The van der Waals surface area contributed by atoms with E-state index in [2.05, 4.69) is 61.4 Å². The number of benzene rings is 1. The van der Waals surface area contributed by atoms with Crippen LogP contribution < -0.4 is 15.4 Å². The highest BCUT2D eigenvalue weighted by atomic mass is 127. The number of guanidine groups is 1. The average Bonchev–Trinajstić information content (AvgIpc) is 2.67. The van der Waals surface area contributed by atoms with Crippen molar-refractivity contribution in [2.45, 2.75) is 53.2 Å². The normalized spacial score (nSPS) is 15.1. The largest absolute Gasteiger partial charge is 0.491 e. The van der Waals surface area contributed by atoms with E-state index in [-0.39, 0.29) is 30.1 Å². The molecule has 0 aliphatic carbocycles. The van der Waals surface area contributed by atoms with Gasteiger partial charge in [0, 0.05) is 31.7 Å². The molecule has 0 aromatic heterocycles. The summed E-state index contributed by atoms with van der Waals surface area (Å²) in [6.45, 7) is 15.7. The van der Waals surface area contributed by atoms with E-state index in [9.17, 15) is 0 Å². The zero-order valence-electron chi connectivity index (χ0n) is 18.5. The number of nitrogens with zero attached hydrogens (tertiary/aromatic N) is 2. The molecule has 29 heavy (non-hydrogen) atoms. The third-order valence-electron chi connectivity index (χ3n) is 4.63. The Balaban J connectivity index is 0.00000420. The van der Waals surface area contributed by atoms with Gasteiger partial charge in [0.05, 0.1) is 25.9 Å². The molecule has 1 aliphatic rings. The quantitative estimate of drug-likeness (QED) is 0.215. The zero-order chi connectivity index (χ0) is 20.2. The standard InChI is InChI=1S/C22H38N4O2.HI/c1-5-23-22(24-10-6-7-11-26-12-14-27-15-13-26)25-17-20-9-8-19(4)16-21(20)28-18(2)3;/h8-9,16,18H,5-7,10-15,17H2,1-4H3,(H2,23,24,25);1H. The molecule has 0 spiro atoms. The second-order valence-corrected chi connectivity index (χ2v) is 7.56. The summed E-state index contributed by atoms with van der Waals surface area (Å²) in [7, 11) is 0. The van der Waals surface area contributed by atoms with E-state index < -0.39 is 0 Å². The summed E-state index contributed by atoms with van der Waals surface area (Å²) in [6, 6.07) is 6.32. The first-order chi connectivity index (χ1) is 13.6. The van der Waals surface area contributed by atoms with Gasteiger partial charge in [0.25, 0.3) is 0 Å². The lowest BCUT2D eigenvalue weighted by Crippen LogP contribution is -2.39. The van der Waals surface area contributed by atoms with Gasteiger partial charge in [-0.3, -0.25) is 4.90 Å². The second-order valence-electron chi connectivity index (χ2n) is 7.56. The molecular weight excluding hydrogens is 479 g/mol. The SMILES string of the molecule is CCNC(=NCc1ccc(C)cc1OC(C)C)NCCCCN1CCOCC1.I. The minimum absolute atomic E-state index is 0. The molecular formula is C22H39IN4O2. The van der Waals surface area contributed by atoms with Crippen LogP contribution in [-0.4, -0.2) is 62.9 Å². The Labute approximate surface area is 193 Å². The van der Waals surface area contributed by atoms with E-state index in [4.69, 9.17) is 14.5 Å². The van der Waals surface area contributed by atoms with Gasteiger partial charge in [-0.2, -0.15) is 0 Å². The van der Waals surface area contributed by atoms with Crippen LogP contribution in [0.1, 0.15) is 44.7 Å². The fraction of sp³-hybridized carbons (Fsp3) is 0.682. The topological polar surface area (TPSA) is 58.1 Å². The summed E-state index contributed by atoms with van der Waals surface area (Å²) in [4.78, 5) is 7.24. The Bertz CT molecular complexity index is 604. The fourth-order valence-corrected chi connectivity index (χ4v) is 3.15. The summed E-state index contributed by atoms with van der Waals surface area (Å²) in [5, 5.41) is 6.79. The first-order valence-corrected chi connectivity index (χ1v) is 10.7. The number of ether oxygens (including phenoxy) is 2. The van der Waals surface area contributed by atoms with Crippen molar-refractivity contribution in [2.24, 2.45) is 4.99 Å². The van der Waals surface area contributed by atoms with Gasteiger partial charge in [-0.1, -0.05) is 12.1 Å². The highest BCUT2D eigenvalue weighted by Gasteiger charge is 2.09. The molecule has 0 atom stereocenters. The molecule has 1 fully saturated rings. The van der Waals surface area contributed by atoms with E-state index in [1.807, 2.05) is 0 Å². The summed E-state index contributed by atoms with van der Waals surface area (Å²) in [5.74, 6) is 1.80. The second kappa shape index (κ2) is 14.8. The molecule has 0 bridgehead atoms. The van der Waals surface area contributed by atoms with Gasteiger partial charge in [-0.25, -0.2) is 4.99 Å². The van der Waals surface area contributed by atoms with Gasteiger partial charge in [-0.05, 0) is 58.7 Å². The number of hydrogen-bond donors (Lipinski definition) is 2. The Morgan fingerprint density at radius 3 is 2.66 bits per heavy atom. The first-order valence-electron chi connectivity index (χ1n) is 10.7. The van der Waals surface area contributed by atoms with Crippen molar-refractivity contribution < 1.29 is 9.47 Å². The van der Waals surface area contributed by atoms with Crippen LogP contribution in [-0.2, 0) is 11.3 Å². The number of unbranched alkanes of at least 4 members (excludes halogenated alkanes) is 1. The molecule has 1 aliphatic heterocycles. The molecule has 2 N–H and O–H groups in total. The minimum atomic E-state index is 0. The summed E-state index contributed by atoms with van der Waals surface area (Å²) >= 11 is 0. The highest BCUT2D eigenvalue weighted by molar-refractivity contribution is 14.0. The minimum Gasteiger partial charge on any atom is -0.491 e. The molecule has 1 aromatic rings. The number of aliphatic imine (C=N–C) groups is 1. The Kier molecular flexibility index (Phi) is 13.3. The first kappa shape index (κ1) is 26.0. The van der Waals surface area contributed by atoms with Crippen LogP contribution in [0.5, 0.6) is 5.75 Å². The highest BCUT2D eigenvalue weighted by Crippen LogP contribution is 2.22. The molecule has 1 saturated heterocycles. The Morgan fingerprint density at radius 2 is 1.97 bits per heavy atom. The van der Waals surface area contributed by atoms with Gasteiger partial charge in [0.1, 0.15) is 5.75 Å². The van der Waals surface area contributed by atoms with Gasteiger partial charge in [-0.15, -0.1) is 24.0 Å². The maximum atomic E-state index is 5.97. The van der Waals surface area contributed by atoms with Crippen LogP contribution in [0.15, 0.2) is 23.2 Å². The molecule has 0 amide bonds. The molecule has 166 valence electrons. The molecule has 7 heteroatoms. The smallest absolute Gasteiger partial charge is 0.191 e. The maximum absolute atomic E-state index is 5.97. The Hall–Kier alpha value is -1.06. The van der Waals surface area contributed by atoms with Crippen molar-refractivity contribution in [1.82, 2.24) is 15.5 Å². The summed E-state index contributed by atoms with van der Waals surface area (Å²) < 4.78 is 11.4. The number of halogens is 1. The van der Waals surface area contributed by atoms with Crippen LogP contribution in [0.4, 0.5) is 0 Å². The van der Waals surface area contributed by atoms with Gasteiger partial charge >= 0.3 is 0 Å². The van der Waals surface area contributed by atoms with E-state index in [0.29, 0.717) is 6.54 Å². The van der Waals surface area contributed by atoms with Crippen molar-refractivity contribution in [3.8, 4) is 5.75 Å². The van der Waals surface area contributed by atoms with Crippen LogP contribution in [0.25, 0.3) is 0 Å². The van der Waals surface area contributed by atoms with Crippen LogP contribution >= 0.6 is 24.0 Å². The lowest BCUT2D eigenvalue weighted by molar-refractivity contribution is 0.0372. The number of nitrogens with one attached hydrogen (secondary N) is 2. The lowest BCUT2D eigenvalue weighted by atomic mass is 10.1. The zero-order valence-corrected chi connectivity index (χ0v) is 20.8. The molecule has 0 saturated carbocycles. The van der Waals surface area contributed by atoms with E-state index in [1.54, 1.807) is 0 Å². The van der Waals surface area contributed by atoms with Crippen LogP contribution in [0.2, 0.25) is 0 Å². The van der Waals surface area contributed by atoms with Gasteiger partial charge in [0.2, 0.25) is 0 Å². The molecule has 0 unspecified atom stereocenters. The molecule has 1 aromatic carbocycles. The molecule has 0 radical (unpaired) electrons. The molecule has 2 rings (SSSR count). The molecule has 1 heterocycles. The maximum Gasteiger partial charge on any atom is 0.191 e. The predicted molar refractivity (Wildman–Crippen MR) is 132 cm³/mol. The molecule has 6 nitrogen and oxygen atoms in total. The van der Waals surface area contributed by atoms with Crippen molar-refractivity contribution in [3.05, 3.63) is 29.3 Å². The van der Waals surface area contributed by atoms with E-state index >= 15 is 0 Å².